The minimum atomic E-state index is -0.870. The molecule has 0 aliphatic carbocycles. The zero-order chi connectivity index (χ0) is 6.15. The van der Waals surface area contributed by atoms with Crippen LogP contribution >= 0.6 is 0 Å². The summed E-state index contributed by atoms with van der Waals surface area (Å²) in [5, 5.41) is 0.123. The standard InChI is InChI=1S/C4H6O2S2/c1-2-3-4(7-5)8(3)6/h3H,2H2,1H3. The van der Waals surface area contributed by atoms with Crippen LogP contribution in [0.3, 0.4) is 0 Å². The Bertz CT molecular complexity index is 180. The van der Waals surface area contributed by atoms with Crippen LogP contribution in [0.1, 0.15) is 13.3 Å². The molecular weight excluding hydrogens is 144 g/mol. The van der Waals surface area contributed by atoms with E-state index in [0.717, 1.165) is 6.42 Å². The van der Waals surface area contributed by atoms with Crippen molar-refractivity contribution in [3.05, 3.63) is 0 Å². The van der Waals surface area contributed by atoms with Gasteiger partial charge in [-0.1, -0.05) is 6.92 Å². The number of rotatable bonds is 1. The Kier molecular flexibility index (Phi) is 1.62. The van der Waals surface area contributed by atoms with Gasteiger partial charge in [0.05, 0.1) is 16.0 Å². The molecule has 2 atom stereocenters. The van der Waals surface area contributed by atoms with E-state index in [2.05, 4.69) is 0 Å². The lowest BCUT2D eigenvalue weighted by molar-refractivity contribution is 0.692. The number of hydrogen-bond acceptors (Lipinski definition) is 2. The molecule has 2 unspecified atom stereocenters. The summed E-state index contributed by atoms with van der Waals surface area (Å²) in [7, 11) is -0.870. The highest BCUT2D eigenvalue weighted by Gasteiger charge is 2.41. The Balaban J connectivity index is 2.73. The highest BCUT2D eigenvalue weighted by Crippen LogP contribution is 2.21. The van der Waals surface area contributed by atoms with E-state index in [-0.39, 0.29) is 5.25 Å². The van der Waals surface area contributed by atoms with Gasteiger partial charge in [0.1, 0.15) is 15.5 Å². The molecule has 0 spiro atoms. The Morgan fingerprint density at radius 2 is 2.50 bits per heavy atom. The fourth-order valence-electron chi connectivity index (χ4n) is 0.585. The average molecular weight is 150 g/mol. The second-order valence-corrected chi connectivity index (χ2v) is 4.07. The van der Waals surface area contributed by atoms with Crippen LogP contribution in [0.15, 0.2) is 0 Å². The lowest BCUT2D eigenvalue weighted by atomic mass is 10.4. The van der Waals surface area contributed by atoms with Gasteiger partial charge in [0, 0.05) is 0 Å². The summed E-state index contributed by atoms with van der Waals surface area (Å²) in [6.45, 7) is 1.94. The van der Waals surface area contributed by atoms with Crippen LogP contribution in [0.5, 0.6) is 0 Å². The van der Waals surface area contributed by atoms with Gasteiger partial charge in [-0.2, -0.15) is 0 Å². The summed E-state index contributed by atoms with van der Waals surface area (Å²) in [5.74, 6) is 0. The first-order chi connectivity index (χ1) is 3.81. The smallest absolute Gasteiger partial charge is 0.126 e. The van der Waals surface area contributed by atoms with E-state index in [1.807, 2.05) is 6.92 Å². The molecule has 8 heavy (non-hydrogen) atoms. The fourth-order valence-corrected chi connectivity index (χ4v) is 2.66. The summed E-state index contributed by atoms with van der Waals surface area (Å²) in [5.41, 5.74) is 0. The third-order valence-corrected chi connectivity index (χ3v) is 3.92. The lowest BCUT2D eigenvalue weighted by Crippen LogP contribution is -1.80. The fraction of sp³-hybridized carbons (Fsp3) is 0.750. The van der Waals surface area contributed by atoms with Crippen molar-refractivity contribution in [2.75, 3.05) is 0 Å². The summed E-state index contributed by atoms with van der Waals surface area (Å²) >= 11 is 0.398. The average Bonchev–Trinajstić information content (AvgIpc) is 2.40. The van der Waals surface area contributed by atoms with Gasteiger partial charge < -0.3 is 0 Å². The first kappa shape index (κ1) is 6.16. The molecule has 0 bridgehead atoms. The highest BCUT2D eigenvalue weighted by molar-refractivity contribution is 8.22. The van der Waals surface area contributed by atoms with Crippen molar-refractivity contribution in [1.82, 2.24) is 0 Å². The van der Waals surface area contributed by atoms with E-state index in [1.54, 1.807) is 0 Å². The molecule has 0 N–H and O–H groups in total. The van der Waals surface area contributed by atoms with Gasteiger partial charge in [-0.05, 0) is 6.42 Å². The molecule has 0 amide bonds. The van der Waals surface area contributed by atoms with Crippen LogP contribution < -0.4 is 0 Å². The molecule has 1 aliphatic heterocycles. The van der Waals surface area contributed by atoms with Crippen molar-refractivity contribution in [2.45, 2.75) is 18.6 Å². The predicted octanol–water partition coefficient (Wildman–Crippen LogP) is -0.130. The van der Waals surface area contributed by atoms with Crippen molar-refractivity contribution >= 4 is 26.3 Å². The van der Waals surface area contributed by atoms with Gasteiger partial charge in [-0.15, -0.1) is 0 Å². The summed E-state index contributed by atoms with van der Waals surface area (Å²) < 4.78 is 21.1. The largest absolute Gasteiger partial charge is 0.253 e. The molecule has 0 radical (unpaired) electrons. The van der Waals surface area contributed by atoms with Gasteiger partial charge in [-0.3, -0.25) is 4.21 Å². The van der Waals surface area contributed by atoms with Crippen molar-refractivity contribution in [1.29, 1.82) is 0 Å². The van der Waals surface area contributed by atoms with Crippen molar-refractivity contribution < 1.29 is 8.42 Å². The van der Waals surface area contributed by atoms with Crippen LogP contribution in [0.4, 0.5) is 0 Å². The zero-order valence-corrected chi connectivity index (χ0v) is 6.05. The first-order valence-electron chi connectivity index (χ1n) is 2.38. The second kappa shape index (κ2) is 2.11. The van der Waals surface area contributed by atoms with Gasteiger partial charge in [0.15, 0.2) is 0 Å². The molecule has 2 nitrogen and oxygen atoms in total. The Morgan fingerprint density at radius 3 is 2.62 bits per heavy atom. The maximum atomic E-state index is 10.5. The molecule has 1 aliphatic rings. The van der Waals surface area contributed by atoms with Crippen LogP contribution in [-0.4, -0.2) is 17.9 Å². The molecule has 1 heterocycles. The van der Waals surface area contributed by atoms with E-state index in [1.165, 1.54) is 0 Å². The molecule has 0 aromatic carbocycles. The molecule has 4 heteroatoms. The van der Waals surface area contributed by atoms with Crippen LogP contribution in [0.25, 0.3) is 0 Å². The van der Waals surface area contributed by atoms with E-state index in [0.29, 0.717) is 15.5 Å². The maximum Gasteiger partial charge on any atom is 0.126 e. The maximum absolute atomic E-state index is 10.5. The second-order valence-electron chi connectivity index (χ2n) is 1.60. The highest BCUT2D eigenvalue weighted by atomic mass is 32.2. The third kappa shape index (κ3) is 0.778. The Labute approximate surface area is 53.8 Å². The van der Waals surface area contributed by atoms with Crippen molar-refractivity contribution in [3.8, 4) is 0 Å². The zero-order valence-electron chi connectivity index (χ0n) is 4.42. The van der Waals surface area contributed by atoms with E-state index < -0.39 is 10.8 Å². The minimum Gasteiger partial charge on any atom is -0.253 e. The van der Waals surface area contributed by atoms with Crippen molar-refractivity contribution in [3.63, 3.8) is 0 Å². The van der Waals surface area contributed by atoms with Crippen LogP contribution in [-0.2, 0) is 22.1 Å². The Hall–Kier alpha value is 0.0400. The monoisotopic (exact) mass is 150 g/mol. The normalized spacial score (nSPS) is 34.9. The molecule has 1 rings (SSSR count). The molecular formula is C4H6O2S2. The van der Waals surface area contributed by atoms with E-state index in [9.17, 15) is 8.42 Å². The molecule has 0 aromatic rings. The Morgan fingerprint density at radius 1 is 1.88 bits per heavy atom. The molecule has 46 valence electrons. The van der Waals surface area contributed by atoms with E-state index in [4.69, 9.17) is 0 Å². The third-order valence-electron chi connectivity index (χ3n) is 1.12. The van der Waals surface area contributed by atoms with Crippen LogP contribution in [0.2, 0.25) is 0 Å². The van der Waals surface area contributed by atoms with Crippen LogP contribution in [0, 0.1) is 0 Å². The van der Waals surface area contributed by atoms with E-state index >= 15 is 0 Å². The van der Waals surface area contributed by atoms with Gasteiger partial charge in [-0.25, -0.2) is 4.21 Å². The topological polar surface area (TPSA) is 34.1 Å². The lowest BCUT2D eigenvalue weighted by Gasteiger charge is -1.69. The minimum absolute atomic E-state index is 0.123. The summed E-state index contributed by atoms with van der Waals surface area (Å²) in [6, 6.07) is 0. The van der Waals surface area contributed by atoms with Crippen molar-refractivity contribution in [2.24, 2.45) is 0 Å². The number of hydrogen-bond donors (Lipinski definition) is 0. The SMILES string of the molecule is CCC1C(=S=O)S1=O. The molecule has 1 fully saturated rings. The van der Waals surface area contributed by atoms with Gasteiger partial charge in [0.2, 0.25) is 0 Å². The summed E-state index contributed by atoms with van der Waals surface area (Å²) in [4.78, 5) is 0. The van der Waals surface area contributed by atoms with Gasteiger partial charge >= 0.3 is 0 Å². The molecule has 0 saturated carbocycles. The van der Waals surface area contributed by atoms with Gasteiger partial charge in [0.25, 0.3) is 0 Å². The first-order valence-corrected chi connectivity index (χ1v) is 4.34. The summed E-state index contributed by atoms with van der Waals surface area (Å²) in [6.07, 6.45) is 0.844. The molecule has 0 aromatic heterocycles. The molecule has 1 saturated heterocycles. The quantitative estimate of drug-likeness (QED) is 0.385. The predicted molar refractivity (Wildman–Crippen MR) is 35.4 cm³/mol.